The molecule has 1 saturated carbocycles. The Kier molecular flexibility index (Phi) is 5.74. The van der Waals surface area contributed by atoms with Crippen LogP contribution in [0.5, 0.6) is 0 Å². The maximum Gasteiger partial charge on any atom is 0.234 e. The van der Waals surface area contributed by atoms with Gasteiger partial charge in [0, 0.05) is 24.2 Å². The smallest absolute Gasteiger partial charge is 0.234 e. The van der Waals surface area contributed by atoms with Gasteiger partial charge in [0.25, 0.3) is 0 Å². The van der Waals surface area contributed by atoms with Crippen molar-refractivity contribution in [1.82, 2.24) is 10.6 Å². The van der Waals surface area contributed by atoms with Crippen LogP contribution in [0.15, 0.2) is 18.2 Å². The molecule has 1 aliphatic carbocycles. The summed E-state index contributed by atoms with van der Waals surface area (Å²) in [6.45, 7) is 4.69. The lowest BCUT2D eigenvalue weighted by Crippen LogP contribution is -2.42. The molecule has 1 aliphatic heterocycles. The number of benzene rings is 1. The number of carbonyl (C=O) groups is 2. The molecule has 5 nitrogen and oxygen atoms in total. The number of aryl methyl sites for hydroxylation is 1. The zero-order valence-corrected chi connectivity index (χ0v) is 15.2. The largest absolute Gasteiger partial charge is 0.352 e. The lowest BCUT2D eigenvalue weighted by atomic mass is 9.87. The van der Waals surface area contributed by atoms with Crippen LogP contribution in [0, 0.1) is 5.92 Å². The first-order valence-corrected chi connectivity index (χ1v) is 9.46. The molecule has 1 fully saturated rings. The number of anilines is 1. The Hall–Kier alpha value is -1.88. The second kappa shape index (κ2) is 8.00. The third-order valence-electron chi connectivity index (χ3n) is 5.47. The zero-order chi connectivity index (χ0) is 17.8. The number of amides is 2. The quantitative estimate of drug-likeness (QED) is 0.770. The van der Waals surface area contributed by atoms with Crippen molar-refractivity contribution in [3.05, 3.63) is 29.3 Å². The van der Waals surface area contributed by atoms with Crippen molar-refractivity contribution in [2.75, 3.05) is 11.9 Å². The van der Waals surface area contributed by atoms with Crippen molar-refractivity contribution >= 4 is 17.5 Å². The normalized spacial score (nSPS) is 24.2. The minimum Gasteiger partial charge on any atom is -0.352 e. The molecule has 0 unspecified atom stereocenters. The van der Waals surface area contributed by atoms with Gasteiger partial charge in [0.15, 0.2) is 0 Å². The molecule has 0 radical (unpaired) electrons. The molecule has 5 heteroatoms. The van der Waals surface area contributed by atoms with E-state index in [0.29, 0.717) is 19.0 Å². The van der Waals surface area contributed by atoms with Crippen LogP contribution < -0.4 is 16.0 Å². The molecular formula is C20H29N3O2. The van der Waals surface area contributed by atoms with Crippen LogP contribution in [-0.2, 0) is 16.0 Å². The fraction of sp³-hybridized carbons (Fsp3) is 0.600. The van der Waals surface area contributed by atoms with E-state index in [1.807, 2.05) is 12.1 Å². The Morgan fingerprint density at radius 1 is 1.24 bits per heavy atom. The number of fused-ring (bicyclic) bond motifs is 1. The highest BCUT2D eigenvalue weighted by Gasteiger charge is 2.20. The van der Waals surface area contributed by atoms with E-state index in [9.17, 15) is 9.59 Å². The summed E-state index contributed by atoms with van der Waals surface area (Å²) in [5.41, 5.74) is 3.23. The molecule has 3 N–H and O–H groups in total. The fourth-order valence-electron chi connectivity index (χ4n) is 3.72. The van der Waals surface area contributed by atoms with Crippen molar-refractivity contribution in [2.24, 2.45) is 5.92 Å². The maximum atomic E-state index is 12.2. The molecule has 25 heavy (non-hydrogen) atoms. The molecule has 0 aromatic heterocycles. The van der Waals surface area contributed by atoms with Crippen LogP contribution in [-0.4, -0.2) is 24.4 Å². The summed E-state index contributed by atoms with van der Waals surface area (Å²) in [6, 6.07) is 6.55. The van der Waals surface area contributed by atoms with Crippen LogP contribution in [0.25, 0.3) is 0 Å². The number of carbonyl (C=O) groups excluding carboxylic acids is 2. The highest BCUT2D eigenvalue weighted by Crippen LogP contribution is 2.26. The van der Waals surface area contributed by atoms with Gasteiger partial charge in [0.05, 0.1) is 6.54 Å². The molecule has 1 aromatic carbocycles. The molecule has 2 amide bonds. The van der Waals surface area contributed by atoms with Gasteiger partial charge in [-0.05, 0) is 62.1 Å². The van der Waals surface area contributed by atoms with Gasteiger partial charge in [-0.2, -0.15) is 0 Å². The molecule has 136 valence electrons. The highest BCUT2D eigenvalue weighted by molar-refractivity contribution is 5.93. The summed E-state index contributed by atoms with van der Waals surface area (Å²) in [6.07, 6.45) is 5.93. The molecule has 1 heterocycles. The number of hydrogen-bond donors (Lipinski definition) is 3. The minimum atomic E-state index is 0.0802. The highest BCUT2D eigenvalue weighted by atomic mass is 16.2. The molecule has 0 spiro atoms. The predicted octanol–water partition coefficient (Wildman–Crippen LogP) is 2.92. The lowest BCUT2D eigenvalue weighted by molar-refractivity contribution is -0.121. The summed E-state index contributed by atoms with van der Waals surface area (Å²) in [5.74, 6) is 0.955. The summed E-state index contributed by atoms with van der Waals surface area (Å²) in [5, 5.41) is 9.37. The van der Waals surface area contributed by atoms with E-state index >= 15 is 0 Å². The van der Waals surface area contributed by atoms with Crippen molar-refractivity contribution < 1.29 is 9.59 Å². The van der Waals surface area contributed by atoms with Crippen LogP contribution >= 0.6 is 0 Å². The standard InChI is InChI=1S/C20H29N3O2/c1-13-3-7-17(8-4-13)22-20(25)12-21-14(2)15-5-9-18-16(11-15)6-10-19(24)23-18/h5,9,11,13-14,17,21H,3-4,6-8,10,12H2,1-2H3,(H,22,25)(H,23,24)/t13?,14-,17?/m0/s1. The number of nitrogens with one attached hydrogen (secondary N) is 3. The van der Waals surface area contributed by atoms with Gasteiger partial charge in [-0.1, -0.05) is 19.1 Å². The van der Waals surface area contributed by atoms with E-state index in [2.05, 4.69) is 35.9 Å². The fourth-order valence-corrected chi connectivity index (χ4v) is 3.72. The lowest BCUT2D eigenvalue weighted by Gasteiger charge is -2.27. The van der Waals surface area contributed by atoms with Gasteiger partial charge in [0.2, 0.25) is 11.8 Å². The summed E-state index contributed by atoms with van der Waals surface area (Å²) in [4.78, 5) is 23.6. The maximum absolute atomic E-state index is 12.2. The average molecular weight is 343 g/mol. The van der Waals surface area contributed by atoms with Crippen LogP contribution in [0.2, 0.25) is 0 Å². The second-order valence-electron chi connectivity index (χ2n) is 7.59. The van der Waals surface area contributed by atoms with Gasteiger partial charge in [-0.15, -0.1) is 0 Å². The third-order valence-corrected chi connectivity index (χ3v) is 5.47. The molecular weight excluding hydrogens is 314 g/mol. The molecule has 1 atom stereocenters. The van der Waals surface area contributed by atoms with Crippen molar-refractivity contribution in [1.29, 1.82) is 0 Å². The Bertz CT molecular complexity index is 636. The van der Waals surface area contributed by atoms with Gasteiger partial charge >= 0.3 is 0 Å². The Labute approximate surface area is 150 Å². The van der Waals surface area contributed by atoms with Crippen molar-refractivity contribution in [2.45, 2.75) is 64.5 Å². The van der Waals surface area contributed by atoms with E-state index in [-0.39, 0.29) is 17.9 Å². The van der Waals surface area contributed by atoms with Gasteiger partial charge in [-0.3, -0.25) is 9.59 Å². The predicted molar refractivity (Wildman–Crippen MR) is 99.4 cm³/mol. The minimum absolute atomic E-state index is 0.0802. The average Bonchev–Trinajstić information content (AvgIpc) is 2.61. The third kappa shape index (κ3) is 4.82. The van der Waals surface area contributed by atoms with Gasteiger partial charge in [0.1, 0.15) is 0 Å². The zero-order valence-electron chi connectivity index (χ0n) is 15.2. The van der Waals surface area contributed by atoms with E-state index in [0.717, 1.165) is 36.4 Å². The van der Waals surface area contributed by atoms with Crippen molar-refractivity contribution in [3.63, 3.8) is 0 Å². The molecule has 3 rings (SSSR count). The summed E-state index contributed by atoms with van der Waals surface area (Å²) in [7, 11) is 0. The first kappa shape index (κ1) is 17.9. The van der Waals surface area contributed by atoms with Gasteiger partial charge < -0.3 is 16.0 Å². The van der Waals surface area contributed by atoms with Crippen LogP contribution in [0.1, 0.15) is 63.1 Å². The Morgan fingerprint density at radius 3 is 2.76 bits per heavy atom. The molecule has 0 saturated heterocycles. The number of hydrogen-bond acceptors (Lipinski definition) is 3. The second-order valence-corrected chi connectivity index (χ2v) is 7.59. The van der Waals surface area contributed by atoms with Crippen LogP contribution in [0.4, 0.5) is 5.69 Å². The van der Waals surface area contributed by atoms with E-state index in [1.165, 1.54) is 18.4 Å². The number of rotatable bonds is 5. The monoisotopic (exact) mass is 343 g/mol. The molecule has 2 aliphatic rings. The summed E-state index contributed by atoms with van der Waals surface area (Å²) < 4.78 is 0. The molecule has 0 bridgehead atoms. The first-order valence-electron chi connectivity index (χ1n) is 9.46. The van der Waals surface area contributed by atoms with Gasteiger partial charge in [-0.25, -0.2) is 0 Å². The topological polar surface area (TPSA) is 70.2 Å². The van der Waals surface area contributed by atoms with E-state index < -0.39 is 0 Å². The Morgan fingerprint density at radius 2 is 2.00 bits per heavy atom. The molecule has 1 aromatic rings. The summed E-state index contributed by atoms with van der Waals surface area (Å²) >= 11 is 0. The van der Waals surface area contributed by atoms with Crippen molar-refractivity contribution in [3.8, 4) is 0 Å². The Balaban J connectivity index is 1.48. The van der Waals surface area contributed by atoms with E-state index in [4.69, 9.17) is 0 Å². The van der Waals surface area contributed by atoms with Crippen LogP contribution in [0.3, 0.4) is 0 Å². The SMILES string of the molecule is CC1CCC(NC(=O)CN[C@@H](C)c2ccc3c(c2)CCC(=O)N3)CC1. The van der Waals surface area contributed by atoms with E-state index in [1.54, 1.807) is 0 Å². The first-order chi connectivity index (χ1) is 12.0.